The fourth-order valence-electron chi connectivity index (χ4n) is 4.30. The minimum atomic E-state index is 0.0342. The number of para-hydroxylation sites is 1. The molecule has 0 radical (unpaired) electrons. The highest BCUT2D eigenvalue weighted by molar-refractivity contribution is 5.95. The van der Waals surface area contributed by atoms with Crippen molar-refractivity contribution >= 4 is 29.3 Å². The number of amides is 2. The molecule has 5 heteroatoms. The third kappa shape index (κ3) is 4.56. The minimum Gasteiger partial charge on any atom is -0.371 e. The number of benzene rings is 2. The van der Waals surface area contributed by atoms with E-state index in [0.29, 0.717) is 6.42 Å². The number of carbonyl (C=O) groups is 2. The number of rotatable bonds is 5. The Labute approximate surface area is 178 Å². The molecular weight excluding hydrogens is 374 g/mol. The molecule has 2 aliphatic rings. The molecule has 2 amide bonds. The minimum absolute atomic E-state index is 0.0342. The van der Waals surface area contributed by atoms with E-state index in [0.717, 1.165) is 50.1 Å². The van der Waals surface area contributed by atoms with Crippen molar-refractivity contribution in [1.29, 1.82) is 0 Å². The maximum Gasteiger partial charge on any atom is 0.246 e. The second-order valence-corrected chi connectivity index (χ2v) is 8.08. The van der Waals surface area contributed by atoms with Gasteiger partial charge in [-0.1, -0.05) is 30.3 Å². The maximum absolute atomic E-state index is 12.7. The van der Waals surface area contributed by atoms with Gasteiger partial charge in [0.05, 0.1) is 0 Å². The summed E-state index contributed by atoms with van der Waals surface area (Å²) in [5, 5.41) is 0. The molecule has 0 atom stereocenters. The molecule has 30 heavy (non-hydrogen) atoms. The molecule has 156 valence electrons. The molecule has 5 nitrogen and oxygen atoms in total. The van der Waals surface area contributed by atoms with Crippen LogP contribution in [0.2, 0.25) is 0 Å². The lowest BCUT2D eigenvalue weighted by Gasteiger charge is -2.37. The molecule has 0 bridgehead atoms. The van der Waals surface area contributed by atoms with Gasteiger partial charge < -0.3 is 14.7 Å². The van der Waals surface area contributed by atoms with Crippen LogP contribution in [0.1, 0.15) is 31.2 Å². The van der Waals surface area contributed by atoms with Gasteiger partial charge in [-0.2, -0.15) is 0 Å². The fraction of sp³-hybridized carbons (Fsp3) is 0.360. The van der Waals surface area contributed by atoms with E-state index in [9.17, 15) is 9.59 Å². The fourth-order valence-corrected chi connectivity index (χ4v) is 4.30. The second kappa shape index (κ2) is 9.16. The van der Waals surface area contributed by atoms with Crippen molar-refractivity contribution in [2.24, 2.45) is 0 Å². The van der Waals surface area contributed by atoms with Crippen molar-refractivity contribution in [2.45, 2.75) is 31.7 Å². The predicted octanol–water partition coefficient (Wildman–Crippen LogP) is 3.95. The summed E-state index contributed by atoms with van der Waals surface area (Å²) in [5.74, 6) is 0.223. The van der Waals surface area contributed by atoms with E-state index in [1.807, 2.05) is 53.3 Å². The van der Waals surface area contributed by atoms with Gasteiger partial charge in [0.25, 0.3) is 0 Å². The molecule has 2 heterocycles. The maximum atomic E-state index is 12.7. The number of nitrogens with zero attached hydrogens (tertiary/aromatic N) is 3. The van der Waals surface area contributed by atoms with Crippen LogP contribution in [0.25, 0.3) is 6.08 Å². The van der Waals surface area contributed by atoms with E-state index in [1.165, 1.54) is 5.69 Å². The molecule has 0 unspecified atom stereocenters. The zero-order valence-electron chi connectivity index (χ0n) is 17.5. The SMILES string of the molecule is CN(C(=O)C=Cc1ccc(N2CCCC2=O)cc1)C1CCN(c2ccccc2)CC1. The largest absolute Gasteiger partial charge is 0.371 e. The van der Waals surface area contributed by atoms with Crippen molar-refractivity contribution in [1.82, 2.24) is 4.90 Å². The first-order chi connectivity index (χ1) is 14.6. The van der Waals surface area contributed by atoms with Crippen LogP contribution in [0, 0.1) is 0 Å². The van der Waals surface area contributed by atoms with Crippen LogP contribution < -0.4 is 9.80 Å². The van der Waals surface area contributed by atoms with Crippen LogP contribution in [0.15, 0.2) is 60.7 Å². The van der Waals surface area contributed by atoms with Crippen LogP contribution in [-0.2, 0) is 9.59 Å². The average molecular weight is 404 g/mol. The van der Waals surface area contributed by atoms with Gasteiger partial charge in [0.1, 0.15) is 0 Å². The number of piperidine rings is 1. The van der Waals surface area contributed by atoms with Gasteiger partial charge in [0.15, 0.2) is 0 Å². The van der Waals surface area contributed by atoms with Gasteiger partial charge >= 0.3 is 0 Å². The van der Waals surface area contributed by atoms with Gasteiger partial charge in [0.2, 0.25) is 11.8 Å². The third-order valence-corrected chi connectivity index (χ3v) is 6.18. The van der Waals surface area contributed by atoms with Crippen molar-refractivity contribution in [2.75, 3.05) is 36.5 Å². The molecule has 2 aromatic rings. The predicted molar refractivity (Wildman–Crippen MR) is 122 cm³/mol. The molecule has 0 saturated carbocycles. The molecule has 0 aromatic heterocycles. The zero-order valence-corrected chi connectivity index (χ0v) is 17.5. The lowest BCUT2D eigenvalue weighted by Crippen LogP contribution is -2.45. The Morgan fingerprint density at radius 3 is 2.30 bits per heavy atom. The summed E-state index contributed by atoms with van der Waals surface area (Å²) in [6.07, 6.45) is 7.01. The highest BCUT2D eigenvalue weighted by Crippen LogP contribution is 2.23. The summed E-state index contributed by atoms with van der Waals surface area (Å²) >= 11 is 0. The summed E-state index contributed by atoms with van der Waals surface area (Å²) in [7, 11) is 1.90. The molecule has 2 aliphatic heterocycles. The highest BCUT2D eigenvalue weighted by Gasteiger charge is 2.24. The standard InChI is InChI=1S/C25H29N3O2/c1-26(21-15-18-27(19-16-21)22-6-3-2-4-7-22)24(29)14-11-20-9-12-23(13-10-20)28-17-5-8-25(28)30/h2-4,6-7,9-14,21H,5,8,15-19H2,1H3. The van der Waals surface area contributed by atoms with Gasteiger partial charge in [-0.05, 0) is 55.2 Å². The van der Waals surface area contributed by atoms with E-state index >= 15 is 0 Å². The quantitative estimate of drug-likeness (QED) is 0.710. The highest BCUT2D eigenvalue weighted by atomic mass is 16.2. The van der Waals surface area contributed by atoms with Gasteiger partial charge in [-0.25, -0.2) is 0 Å². The Morgan fingerprint density at radius 1 is 0.967 bits per heavy atom. The van der Waals surface area contributed by atoms with Crippen molar-refractivity contribution < 1.29 is 9.59 Å². The summed E-state index contributed by atoms with van der Waals surface area (Å²) in [5.41, 5.74) is 3.15. The van der Waals surface area contributed by atoms with Crippen molar-refractivity contribution in [3.63, 3.8) is 0 Å². The lowest BCUT2D eigenvalue weighted by molar-refractivity contribution is -0.127. The summed E-state index contributed by atoms with van der Waals surface area (Å²) in [4.78, 5) is 30.6. The normalized spacial score (nSPS) is 17.7. The molecule has 2 saturated heterocycles. The summed E-state index contributed by atoms with van der Waals surface area (Å²) in [6, 6.07) is 18.6. The molecule has 2 fully saturated rings. The Morgan fingerprint density at radius 2 is 1.67 bits per heavy atom. The van der Waals surface area contributed by atoms with E-state index in [1.54, 1.807) is 6.08 Å². The second-order valence-electron chi connectivity index (χ2n) is 8.08. The molecular formula is C25H29N3O2. The Bertz CT molecular complexity index is 900. The molecule has 0 spiro atoms. The van der Waals surface area contributed by atoms with Crippen molar-refractivity contribution in [3.05, 3.63) is 66.2 Å². The van der Waals surface area contributed by atoms with Crippen LogP contribution in [0.4, 0.5) is 11.4 Å². The number of hydrogen-bond acceptors (Lipinski definition) is 3. The van der Waals surface area contributed by atoms with E-state index < -0.39 is 0 Å². The summed E-state index contributed by atoms with van der Waals surface area (Å²) < 4.78 is 0. The zero-order chi connectivity index (χ0) is 20.9. The smallest absolute Gasteiger partial charge is 0.246 e. The number of carbonyl (C=O) groups excluding carboxylic acids is 2. The van der Waals surface area contributed by atoms with Gasteiger partial charge in [-0.15, -0.1) is 0 Å². The van der Waals surface area contributed by atoms with Gasteiger partial charge in [0, 0.05) is 56.6 Å². The van der Waals surface area contributed by atoms with Crippen LogP contribution >= 0.6 is 0 Å². The average Bonchev–Trinajstić information content (AvgIpc) is 3.24. The third-order valence-electron chi connectivity index (χ3n) is 6.18. The van der Waals surface area contributed by atoms with E-state index in [2.05, 4.69) is 29.2 Å². The van der Waals surface area contributed by atoms with E-state index in [4.69, 9.17) is 0 Å². The number of likely N-dealkylation sites (N-methyl/N-ethyl adjacent to an activating group) is 1. The Balaban J connectivity index is 1.30. The van der Waals surface area contributed by atoms with Crippen LogP contribution in [-0.4, -0.2) is 49.4 Å². The van der Waals surface area contributed by atoms with Crippen molar-refractivity contribution in [3.8, 4) is 0 Å². The molecule has 0 N–H and O–H groups in total. The Hall–Kier alpha value is -3.08. The molecule has 0 aliphatic carbocycles. The monoisotopic (exact) mass is 403 g/mol. The molecule has 4 rings (SSSR count). The van der Waals surface area contributed by atoms with E-state index in [-0.39, 0.29) is 17.9 Å². The summed E-state index contributed by atoms with van der Waals surface area (Å²) in [6.45, 7) is 2.72. The first-order valence-corrected chi connectivity index (χ1v) is 10.8. The van der Waals surface area contributed by atoms with Crippen LogP contribution in [0.3, 0.4) is 0 Å². The molecule has 2 aromatic carbocycles. The number of hydrogen-bond donors (Lipinski definition) is 0. The first-order valence-electron chi connectivity index (χ1n) is 10.8. The first kappa shape index (κ1) is 20.2. The number of anilines is 2. The lowest BCUT2D eigenvalue weighted by atomic mass is 10.0. The van der Waals surface area contributed by atoms with Gasteiger partial charge in [-0.3, -0.25) is 9.59 Å². The van der Waals surface area contributed by atoms with Crippen LogP contribution in [0.5, 0.6) is 0 Å². The Kier molecular flexibility index (Phi) is 6.17. The topological polar surface area (TPSA) is 43.9 Å².